The first-order chi connectivity index (χ1) is 25.7. The maximum atomic E-state index is 13.9. The van der Waals surface area contributed by atoms with Gasteiger partial charge >= 0.3 is 0 Å². The van der Waals surface area contributed by atoms with Crippen molar-refractivity contribution in [1.29, 1.82) is 0 Å². The van der Waals surface area contributed by atoms with Crippen molar-refractivity contribution in [2.24, 2.45) is 17.3 Å². The van der Waals surface area contributed by atoms with E-state index in [1.807, 2.05) is 13.8 Å². The molecule has 18 atom stereocenters. The predicted octanol–water partition coefficient (Wildman–Crippen LogP) is 3.17. The molecular formula is C40H60O14. The van der Waals surface area contributed by atoms with Crippen LogP contribution in [0.15, 0.2) is 28.4 Å². The summed E-state index contributed by atoms with van der Waals surface area (Å²) >= 11 is 0. The average molecular weight is 765 g/mol. The Balaban J connectivity index is 0.940. The van der Waals surface area contributed by atoms with Crippen LogP contribution in [0.4, 0.5) is 0 Å². The van der Waals surface area contributed by atoms with Gasteiger partial charge in [-0.15, -0.1) is 0 Å². The maximum Gasteiger partial charge on any atom is 0.172 e. The molecule has 54 heavy (non-hydrogen) atoms. The summed E-state index contributed by atoms with van der Waals surface area (Å²) in [6.07, 6.45) is -1.61. The van der Waals surface area contributed by atoms with Crippen LogP contribution in [0.3, 0.4) is 0 Å². The van der Waals surface area contributed by atoms with Crippen LogP contribution in [0.1, 0.15) is 90.4 Å². The highest BCUT2D eigenvalue weighted by Crippen LogP contribution is 2.58. The molecule has 0 aromatic carbocycles. The highest BCUT2D eigenvalue weighted by Gasteiger charge is 2.58. The Morgan fingerprint density at radius 3 is 2.11 bits per heavy atom. The standard InChI is InChI=1S/C40H60O14/c1-19-25(11-13-48-19)40(45)12-10-26-24(38(40)44)9-8-23-14-29(28(42)18-39(23,26)5)52-33-17-31(47-7)37(22(4)51-33)54-32-15-27(41)36(21(3)50-32)53-34-16-30(46-6)35(43)20(2)49-34/h8,11,13,20-22,24,26-37,41-43,45H,9-10,12,14-18H2,1-7H3/t20-,21+,22-,24+,26-,27-,28+,29+,30+,31+,32-,33+,34-,35-,36+,37-,39-,40-/m0/s1. The lowest BCUT2D eigenvalue weighted by Crippen LogP contribution is -2.57. The average Bonchev–Trinajstić information content (AvgIpc) is 3.57. The third-order valence-electron chi connectivity index (χ3n) is 13.5. The van der Waals surface area contributed by atoms with Gasteiger partial charge in [-0.1, -0.05) is 18.6 Å². The Morgan fingerprint density at radius 2 is 1.44 bits per heavy atom. The number of aliphatic hydroxyl groups excluding tert-OH is 3. The second-order valence-electron chi connectivity index (χ2n) is 16.7. The minimum atomic E-state index is -1.56. The Bertz CT molecular complexity index is 1490. The summed E-state index contributed by atoms with van der Waals surface area (Å²) in [6.45, 7) is 9.36. The highest BCUT2D eigenvalue weighted by molar-refractivity contribution is 5.92. The third kappa shape index (κ3) is 7.40. The van der Waals surface area contributed by atoms with Crippen molar-refractivity contribution in [3.8, 4) is 0 Å². The van der Waals surface area contributed by atoms with Crippen molar-refractivity contribution in [3.63, 3.8) is 0 Å². The molecule has 4 heterocycles. The molecule has 1 aromatic heterocycles. The molecule has 1 aromatic rings. The number of aliphatic hydroxyl groups is 4. The Labute approximate surface area is 317 Å². The Kier molecular flexibility index (Phi) is 11.9. The van der Waals surface area contributed by atoms with Crippen molar-refractivity contribution in [2.75, 3.05) is 14.2 Å². The Morgan fingerprint density at radius 1 is 0.815 bits per heavy atom. The highest BCUT2D eigenvalue weighted by atomic mass is 16.7. The zero-order chi connectivity index (χ0) is 38.7. The smallest absolute Gasteiger partial charge is 0.172 e. The van der Waals surface area contributed by atoms with Gasteiger partial charge in [-0.2, -0.15) is 0 Å². The number of hydrogen-bond acceptors (Lipinski definition) is 14. The molecule has 0 bridgehead atoms. The molecule has 3 saturated heterocycles. The van der Waals surface area contributed by atoms with E-state index in [-0.39, 0.29) is 24.0 Å². The fourth-order valence-electron chi connectivity index (χ4n) is 10.4. The molecular weight excluding hydrogens is 704 g/mol. The fourth-order valence-corrected chi connectivity index (χ4v) is 10.4. The van der Waals surface area contributed by atoms with Crippen LogP contribution in [0.5, 0.6) is 0 Å². The number of Topliss-reactive ketones (excluding diaryl/α,β-unsaturated/α-hetero) is 1. The minimum absolute atomic E-state index is 0.00114. The summed E-state index contributed by atoms with van der Waals surface area (Å²) in [4.78, 5) is 13.9. The number of ketones is 1. The van der Waals surface area contributed by atoms with Crippen molar-refractivity contribution in [1.82, 2.24) is 0 Å². The topological polar surface area (TPSA) is 185 Å². The summed E-state index contributed by atoms with van der Waals surface area (Å²) < 4.78 is 54.1. The van der Waals surface area contributed by atoms with E-state index < -0.39 is 97.0 Å². The number of aryl methyl sites for hydroxylation is 1. The number of allylic oxidation sites excluding steroid dienone is 1. The van der Waals surface area contributed by atoms with E-state index >= 15 is 0 Å². The summed E-state index contributed by atoms with van der Waals surface area (Å²) in [5.41, 5.74) is -0.237. The lowest BCUT2D eigenvalue weighted by molar-refractivity contribution is -0.338. The first-order valence-electron chi connectivity index (χ1n) is 19.7. The van der Waals surface area contributed by atoms with Crippen molar-refractivity contribution in [2.45, 2.75) is 178 Å². The van der Waals surface area contributed by atoms with E-state index in [4.69, 9.17) is 42.3 Å². The third-order valence-corrected chi connectivity index (χ3v) is 13.5. The number of ether oxygens (including phenoxy) is 8. The van der Waals surface area contributed by atoms with E-state index in [0.717, 1.165) is 0 Å². The summed E-state index contributed by atoms with van der Waals surface area (Å²) in [6, 6.07) is 1.70. The van der Waals surface area contributed by atoms with Crippen LogP contribution in [-0.2, 0) is 48.3 Å². The second-order valence-corrected chi connectivity index (χ2v) is 16.7. The van der Waals surface area contributed by atoms with E-state index in [9.17, 15) is 25.2 Å². The van der Waals surface area contributed by atoms with Crippen molar-refractivity contribution in [3.05, 3.63) is 35.3 Å². The summed E-state index contributed by atoms with van der Waals surface area (Å²) in [5.74, 6) is 0.0491. The number of carbonyl (C=O) groups is 1. The van der Waals surface area contributed by atoms with Gasteiger partial charge in [0, 0.05) is 45.0 Å². The zero-order valence-corrected chi connectivity index (χ0v) is 32.5. The zero-order valence-electron chi connectivity index (χ0n) is 32.5. The normalized spacial score (nSPS) is 48.5. The van der Waals surface area contributed by atoms with Gasteiger partial charge in [-0.25, -0.2) is 0 Å². The number of carbonyl (C=O) groups excluding carboxylic acids is 1. The molecule has 0 radical (unpaired) electrons. The van der Waals surface area contributed by atoms with Gasteiger partial charge in [0.25, 0.3) is 0 Å². The number of hydrogen-bond donors (Lipinski definition) is 4. The first kappa shape index (κ1) is 40.4. The molecule has 7 rings (SSSR count). The van der Waals surface area contributed by atoms with Gasteiger partial charge in [0.2, 0.25) is 0 Å². The van der Waals surface area contributed by atoms with Gasteiger partial charge in [0.1, 0.15) is 24.1 Å². The molecule has 2 saturated carbocycles. The molecule has 4 N–H and O–H groups in total. The predicted molar refractivity (Wildman–Crippen MR) is 190 cm³/mol. The van der Waals surface area contributed by atoms with Gasteiger partial charge in [-0.05, 0) is 77.2 Å². The van der Waals surface area contributed by atoms with E-state index in [1.54, 1.807) is 27.0 Å². The molecule has 0 unspecified atom stereocenters. The van der Waals surface area contributed by atoms with Gasteiger partial charge in [0.15, 0.2) is 30.3 Å². The van der Waals surface area contributed by atoms with E-state index in [1.165, 1.54) is 18.9 Å². The lowest BCUT2D eigenvalue weighted by atomic mass is 9.51. The van der Waals surface area contributed by atoms with Crippen LogP contribution in [0.25, 0.3) is 0 Å². The summed E-state index contributed by atoms with van der Waals surface area (Å²) in [5, 5.41) is 44.6. The molecule has 304 valence electrons. The van der Waals surface area contributed by atoms with E-state index in [0.29, 0.717) is 56.3 Å². The quantitative estimate of drug-likeness (QED) is 0.269. The largest absolute Gasteiger partial charge is 0.469 e. The van der Waals surface area contributed by atoms with Crippen LogP contribution in [0.2, 0.25) is 0 Å². The maximum absolute atomic E-state index is 13.9. The van der Waals surface area contributed by atoms with Crippen LogP contribution >= 0.6 is 0 Å². The van der Waals surface area contributed by atoms with Crippen LogP contribution in [0, 0.1) is 24.2 Å². The fraction of sp³-hybridized carbons (Fsp3) is 0.825. The molecule has 0 spiro atoms. The number of furan rings is 1. The van der Waals surface area contributed by atoms with E-state index in [2.05, 4.69) is 13.0 Å². The van der Waals surface area contributed by atoms with Gasteiger partial charge < -0.3 is 62.7 Å². The summed E-state index contributed by atoms with van der Waals surface area (Å²) in [7, 11) is 3.15. The van der Waals surface area contributed by atoms with Gasteiger partial charge in [0.05, 0.1) is 55.1 Å². The molecule has 14 nitrogen and oxygen atoms in total. The second kappa shape index (κ2) is 15.9. The molecule has 3 aliphatic carbocycles. The number of methoxy groups -OCH3 is 2. The minimum Gasteiger partial charge on any atom is -0.469 e. The van der Waals surface area contributed by atoms with Crippen LogP contribution < -0.4 is 0 Å². The lowest BCUT2D eigenvalue weighted by Gasteiger charge is -2.55. The molecule has 0 amide bonds. The van der Waals surface area contributed by atoms with Crippen molar-refractivity contribution < 1.29 is 67.5 Å². The van der Waals surface area contributed by atoms with Crippen molar-refractivity contribution >= 4 is 5.78 Å². The molecule has 6 aliphatic rings. The Hall–Kier alpha value is -1.79. The van der Waals surface area contributed by atoms with Gasteiger partial charge in [-0.3, -0.25) is 4.79 Å². The first-order valence-corrected chi connectivity index (χ1v) is 19.7. The molecule has 14 heteroatoms. The number of fused-ring (bicyclic) bond motifs is 3. The van der Waals surface area contributed by atoms with Crippen LogP contribution in [-0.4, -0.2) is 126 Å². The monoisotopic (exact) mass is 764 g/mol. The molecule has 5 fully saturated rings. The number of rotatable bonds is 9. The SMILES string of the molecule is CO[C@@H]1C[C@H](O[C@H]2[C@@H](O)C[C@H](O[C@H]3[C@H](C)O[C@H](O[C@@H]4CC5=CC[C@H]6C(=O)[C@@](O)(c7ccoc7C)CC[C@@H]6[C@@]5(C)C[C@H]4O)C[C@H]3OC)O[C@@H]2C)O[C@@H](C)[C@@H]1O. The molecule has 3 aliphatic heterocycles.